The first-order valence-corrected chi connectivity index (χ1v) is 8.83. The molecule has 140 valence electrons. The Balaban J connectivity index is 1.56. The number of carbonyl (C=O) groups excluding carboxylic acids is 3. The molecule has 0 spiro atoms. The standard InChI is InChI=1S/C18H26O7/c1-6-17(2,3)16(21)25-18(4,5)8-11(19)23-13-10-7-9-12(22-10)14(13)24-15(9)20/h9-10,12-14H,6-8H2,1-5H3. The lowest BCUT2D eigenvalue weighted by Crippen LogP contribution is -2.42. The maximum Gasteiger partial charge on any atom is 0.312 e. The van der Waals surface area contributed by atoms with Crippen molar-refractivity contribution in [3.8, 4) is 0 Å². The smallest absolute Gasteiger partial charge is 0.312 e. The van der Waals surface area contributed by atoms with E-state index in [4.69, 9.17) is 18.9 Å². The predicted molar refractivity (Wildman–Crippen MR) is 85.4 cm³/mol. The fourth-order valence-electron chi connectivity index (χ4n) is 3.49. The van der Waals surface area contributed by atoms with Crippen molar-refractivity contribution in [1.29, 1.82) is 0 Å². The number of ether oxygens (including phenoxy) is 4. The first kappa shape index (κ1) is 18.2. The molecule has 5 atom stereocenters. The average Bonchev–Trinajstić information content (AvgIpc) is 3.10. The van der Waals surface area contributed by atoms with Gasteiger partial charge in [0.15, 0.2) is 12.2 Å². The van der Waals surface area contributed by atoms with Crippen molar-refractivity contribution in [1.82, 2.24) is 0 Å². The van der Waals surface area contributed by atoms with Gasteiger partial charge in [0.1, 0.15) is 11.7 Å². The zero-order valence-electron chi connectivity index (χ0n) is 15.4. The van der Waals surface area contributed by atoms with Crippen molar-refractivity contribution in [2.24, 2.45) is 11.3 Å². The summed E-state index contributed by atoms with van der Waals surface area (Å²) in [6, 6.07) is 0. The molecule has 0 aromatic heterocycles. The van der Waals surface area contributed by atoms with Gasteiger partial charge in [0, 0.05) is 0 Å². The van der Waals surface area contributed by atoms with Crippen molar-refractivity contribution in [2.45, 2.75) is 83.9 Å². The third-order valence-corrected chi connectivity index (χ3v) is 5.43. The van der Waals surface area contributed by atoms with Gasteiger partial charge >= 0.3 is 17.9 Å². The van der Waals surface area contributed by atoms with E-state index in [0.29, 0.717) is 12.8 Å². The topological polar surface area (TPSA) is 88.1 Å². The molecule has 0 radical (unpaired) electrons. The number of rotatable bonds is 6. The van der Waals surface area contributed by atoms with Crippen molar-refractivity contribution < 1.29 is 33.3 Å². The van der Waals surface area contributed by atoms with E-state index in [1.807, 2.05) is 6.92 Å². The van der Waals surface area contributed by atoms with E-state index in [0.717, 1.165) is 0 Å². The molecule has 3 fully saturated rings. The summed E-state index contributed by atoms with van der Waals surface area (Å²) in [5.41, 5.74) is -1.58. The molecule has 3 heterocycles. The Kier molecular flexibility index (Phi) is 4.34. The minimum absolute atomic E-state index is 0.0729. The lowest BCUT2D eigenvalue weighted by atomic mass is 9.88. The Bertz CT molecular complexity index is 594. The zero-order chi connectivity index (χ0) is 18.6. The van der Waals surface area contributed by atoms with Crippen LogP contribution in [0.4, 0.5) is 0 Å². The Morgan fingerprint density at radius 2 is 1.88 bits per heavy atom. The fourth-order valence-corrected chi connectivity index (χ4v) is 3.49. The average molecular weight is 354 g/mol. The van der Waals surface area contributed by atoms with Gasteiger partial charge in [0.25, 0.3) is 0 Å². The van der Waals surface area contributed by atoms with E-state index in [9.17, 15) is 14.4 Å². The van der Waals surface area contributed by atoms with Crippen LogP contribution in [0.25, 0.3) is 0 Å². The summed E-state index contributed by atoms with van der Waals surface area (Å²) in [6.07, 6.45) is -0.573. The highest BCUT2D eigenvalue weighted by Gasteiger charge is 2.65. The molecule has 0 saturated carbocycles. The van der Waals surface area contributed by atoms with E-state index < -0.39 is 29.2 Å². The summed E-state index contributed by atoms with van der Waals surface area (Å²) in [6.45, 7) is 8.89. The van der Waals surface area contributed by atoms with Gasteiger partial charge in [-0.05, 0) is 40.5 Å². The molecule has 0 amide bonds. The first-order valence-electron chi connectivity index (χ1n) is 8.83. The quantitative estimate of drug-likeness (QED) is 0.530. The summed E-state index contributed by atoms with van der Waals surface area (Å²) < 4.78 is 22.0. The molecule has 0 aromatic carbocycles. The van der Waals surface area contributed by atoms with Crippen LogP contribution in [0.2, 0.25) is 0 Å². The normalized spacial score (nSPS) is 33.3. The molecule has 3 saturated heterocycles. The van der Waals surface area contributed by atoms with Crippen molar-refractivity contribution in [2.75, 3.05) is 0 Å². The highest BCUT2D eigenvalue weighted by atomic mass is 16.7. The second-order valence-corrected chi connectivity index (χ2v) is 8.40. The molecule has 2 bridgehead atoms. The van der Waals surface area contributed by atoms with Gasteiger partial charge in [0.2, 0.25) is 0 Å². The van der Waals surface area contributed by atoms with Crippen LogP contribution in [0, 0.1) is 11.3 Å². The van der Waals surface area contributed by atoms with Gasteiger partial charge in [0.05, 0.1) is 23.9 Å². The molecule has 3 aliphatic rings. The van der Waals surface area contributed by atoms with Gasteiger partial charge < -0.3 is 18.9 Å². The summed E-state index contributed by atoms with van der Waals surface area (Å²) >= 11 is 0. The predicted octanol–water partition coefficient (Wildman–Crippen LogP) is 1.76. The highest BCUT2D eigenvalue weighted by molar-refractivity contribution is 5.78. The molecule has 0 N–H and O–H groups in total. The molecule has 0 aromatic rings. The lowest BCUT2D eigenvalue weighted by molar-refractivity contribution is -0.175. The van der Waals surface area contributed by atoms with Crippen molar-refractivity contribution in [3.63, 3.8) is 0 Å². The summed E-state index contributed by atoms with van der Waals surface area (Å²) in [5, 5.41) is 0. The van der Waals surface area contributed by atoms with E-state index in [1.165, 1.54) is 0 Å². The molecular formula is C18H26O7. The number of hydrogen-bond acceptors (Lipinski definition) is 7. The SMILES string of the molecule is CCC(C)(C)C(=O)OC(C)(C)CC(=O)OC1C2CC3C(=O)OC1C3O2. The Morgan fingerprint density at radius 1 is 1.20 bits per heavy atom. The summed E-state index contributed by atoms with van der Waals surface area (Å²) in [5.74, 6) is -1.33. The van der Waals surface area contributed by atoms with Gasteiger partial charge in [-0.2, -0.15) is 0 Å². The highest BCUT2D eigenvalue weighted by Crippen LogP contribution is 2.47. The largest absolute Gasteiger partial charge is 0.459 e. The Morgan fingerprint density at radius 3 is 2.52 bits per heavy atom. The molecule has 0 aliphatic carbocycles. The van der Waals surface area contributed by atoms with E-state index in [2.05, 4.69) is 0 Å². The molecule has 7 nitrogen and oxygen atoms in total. The van der Waals surface area contributed by atoms with Gasteiger partial charge in [-0.25, -0.2) is 0 Å². The Hall–Kier alpha value is -1.63. The monoisotopic (exact) mass is 354 g/mol. The number of hydrogen-bond donors (Lipinski definition) is 0. The second kappa shape index (κ2) is 5.97. The van der Waals surface area contributed by atoms with Crippen molar-refractivity contribution in [3.05, 3.63) is 0 Å². The lowest BCUT2D eigenvalue weighted by Gasteiger charge is -2.30. The summed E-state index contributed by atoms with van der Waals surface area (Å²) in [4.78, 5) is 36.3. The van der Waals surface area contributed by atoms with Crippen LogP contribution >= 0.6 is 0 Å². The molecule has 25 heavy (non-hydrogen) atoms. The first-order chi connectivity index (χ1) is 11.5. The minimum atomic E-state index is -0.978. The van der Waals surface area contributed by atoms with Crippen molar-refractivity contribution >= 4 is 17.9 Å². The van der Waals surface area contributed by atoms with E-state index in [1.54, 1.807) is 27.7 Å². The number of carbonyl (C=O) groups is 3. The maximum atomic E-state index is 12.3. The molecular weight excluding hydrogens is 328 g/mol. The molecule has 3 aliphatic heterocycles. The molecule has 5 unspecified atom stereocenters. The fraction of sp³-hybridized carbons (Fsp3) is 0.833. The van der Waals surface area contributed by atoms with Crippen LogP contribution in [0.5, 0.6) is 0 Å². The van der Waals surface area contributed by atoms with Gasteiger partial charge in [-0.15, -0.1) is 0 Å². The molecule has 3 rings (SSSR count). The van der Waals surface area contributed by atoms with Gasteiger partial charge in [-0.1, -0.05) is 6.92 Å². The van der Waals surface area contributed by atoms with Crippen LogP contribution in [-0.4, -0.2) is 47.9 Å². The number of fused-ring (bicyclic) bond motifs is 1. The third kappa shape index (κ3) is 3.26. The Labute approximate surface area is 147 Å². The van der Waals surface area contributed by atoms with Crippen LogP contribution < -0.4 is 0 Å². The zero-order valence-corrected chi connectivity index (χ0v) is 15.4. The van der Waals surface area contributed by atoms with E-state index in [-0.39, 0.29) is 36.5 Å². The molecule has 7 heteroatoms. The van der Waals surface area contributed by atoms with E-state index >= 15 is 0 Å². The minimum Gasteiger partial charge on any atom is -0.459 e. The van der Waals surface area contributed by atoms with Crippen LogP contribution in [0.1, 0.15) is 53.9 Å². The van der Waals surface area contributed by atoms with Crippen LogP contribution in [0.15, 0.2) is 0 Å². The second-order valence-electron chi connectivity index (χ2n) is 8.40. The number of esters is 3. The summed E-state index contributed by atoms with van der Waals surface area (Å²) in [7, 11) is 0. The van der Waals surface area contributed by atoms with Gasteiger partial charge in [-0.3, -0.25) is 14.4 Å². The van der Waals surface area contributed by atoms with Crippen LogP contribution in [0.3, 0.4) is 0 Å². The maximum absolute atomic E-state index is 12.3. The third-order valence-electron chi connectivity index (χ3n) is 5.43. The van der Waals surface area contributed by atoms with Crippen LogP contribution in [-0.2, 0) is 33.3 Å².